The van der Waals surface area contributed by atoms with Crippen LogP contribution < -0.4 is 0 Å². The lowest BCUT2D eigenvalue weighted by molar-refractivity contribution is -0.139. The molecule has 0 fully saturated rings. The van der Waals surface area contributed by atoms with Crippen LogP contribution in [0.4, 0.5) is 4.79 Å². The van der Waals surface area contributed by atoms with Gasteiger partial charge in [-0.3, -0.25) is 4.79 Å². The molecule has 0 aromatic carbocycles. The highest BCUT2D eigenvalue weighted by molar-refractivity contribution is 5.80. The van der Waals surface area contributed by atoms with Gasteiger partial charge in [-0.05, 0) is 12.0 Å². The van der Waals surface area contributed by atoms with Crippen LogP contribution >= 0.6 is 0 Å². The minimum atomic E-state index is -1.60. The molecule has 0 unspecified atom stereocenters. The number of hydrogen-bond acceptors (Lipinski definition) is 12. The second-order valence-electron chi connectivity index (χ2n) is 6.70. The molecule has 0 aromatic heterocycles. The second-order valence-corrected chi connectivity index (χ2v) is 6.70. The van der Waals surface area contributed by atoms with E-state index in [-0.39, 0.29) is 6.42 Å². The Morgan fingerprint density at radius 1 is 0.583 bits per heavy atom. The van der Waals surface area contributed by atoms with Gasteiger partial charge in [-0.2, -0.15) is 0 Å². The van der Waals surface area contributed by atoms with E-state index in [2.05, 4.69) is 14.8 Å². The zero-order chi connectivity index (χ0) is 26.4. The van der Waals surface area contributed by atoms with Crippen LogP contribution in [0.2, 0.25) is 0 Å². The summed E-state index contributed by atoms with van der Waals surface area (Å²) in [5.41, 5.74) is 8.10. The molecule has 0 aliphatic heterocycles. The van der Waals surface area contributed by atoms with Gasteiger partial charge in [0, 0.05) is 24.5 Å². The van der Waals surface area contributed by atoms with Crippen LogP contribution in [0.5, 0.6) is 0 Å². The highest BCUT2D eigenvalue weighted by Gasteiger charge is 2.07. The van der Waals surface area contributed by atoms with E-state index in [1.54, 1.807) is 0 Å². The maximum atomic E-state index is 11.0. The fraction of sp³-hybridized carbons (Fsp3) is 0.905. The average molecular weight is 526 g/mol. The summed E-state index contributed by atoms with van der Waals surface area (Å²) in [5.74, 6) is -0.792. The van der Waals surface area contributed by atoms with E-state index in [4.69, 9.17) is 48.5 Å². The van der Waals surface area contributed by atoms with Crippen LogP contribution in [0.25, 0.3) is 10.4 Å². The Morgan fingerprint density at radius 3 is 1.25 bits per heavy atom. The fourth-order valence-electron chi connectivity index (χ4n) is 2.26. The Bertz CT molecular complexity index is 564. The summed E-state index contributed by atoms with van der Waals surface area (Å²) in [5, 5.41) is 11.6. The highest BCUT2D eigenvalue weighted by Crippen LogP contribution is 1.94. The fourth-order valence-corrected chi connectivity index (χ4v) is 2.26. The third-order valence-corrected chi connectivity index (χ3v) is 3.87. The van der Waals surface area contributed by atoms with Gasteiger partial charge in [-0.15, -0.1) is 0 Å². The molecule has 36 heavy (non-hydrogen) atoms. The second kappa shape index (κ2) is 29.2. The first-order valence-electron chi connectivity index (χ1n) is 11.7. The molecule has 0 radical (unpaired) electrons. The molecule has 0 aliphatic carbocycles. The summed E-state index contributed by atoms with van der Waals surface area (Å²) < 4.78 is 46.6. The summed E-state index contributed by atoms with van der Waals surface area (Å²) in [6.07, 6.45) is -1.24. The molecule has 0 saturated heterocycles. The molecule has 15 nitrogen and oxygen atoms in total. The minimum absolute atomic E-state index is 0.0124. The predicted octanol–water partition coefficient (Wildman–Crippen LogP) is 1.43. The highest BCUT2D eigenvalue weighted by atomic mass is 16.7. The van der Waals surface area contributed by atoms with Crippen LogP contribution in [0.1, 0.15) is 12.8 Å². The Kier molecular flexibility index (Phi) is 27.5. The number of esters is 1. The molecule has 210 valence electrons. The Balaban J connectivity index is 3.08. The zero-order valence-corrected chi connectivity index (χ0v) is 20.7. The standard InChI is InChI=1S/C21H39N3O12/c22-24-23-3-5-29-7-9-31-11-13-33-15-17-35-19-18-34-16-14-32-12-10-30-8-6-28-4-1-2-20(25)36-21(26)27/h1-19H2,(H,26,27). The molecule has 0 aromatic rings. The number of ether oxygens (including phenoxy) is 9. The molecular formula is C21H39N3O12. The Labute approximate surface area is 210 Å². The predicted molar refractivity (Wildman–Crippen MR) is 124 cm³/mol. The van der Waals surface area contributed by atoms with Crippen molar-refractivity contribution in [3.8, 4) is 0 Å². The van der Waals surface area contributed by atoms with Gasteiger partial charge in [0.1, 0.15) is 0 Å². The van der Waals surface area contributed by atoms with E-state index < -0.39 is 12.1 Å². The quantitative estimate of drug-likeness (QED) is 0.0387. The molecule has 0 rings (SSSR count). The molecular weight excluding hydrogens is 486 g/mol. The van der Waals surface area contributed by atoms with E-state index in [9.17, 15) is 9.59 Å². The summed E-state index contributed by atoms with van der Waals surface area (Å²) in [4.78, 5) is 23.7. The third kappa shape index (κ3) is 30.0. The van der Waals surface area contributed by atoms with Gasteiger partial charge in [-0.1, -0.05) is 5.11 Å². The normalized spacial score (nSPS) is 10.8. The number of nitrogens with zero attached hydrogens (tertiary/aromatic N) is 3. The van der Waals surface area contributed by atoms with Crippen LogP contribution in [0, 0.1) is 0 Å². The maximum absolute atomic E-state index is 11.0. The number of azide groups is 1. The van der Waals surface area contributed by atoms with Gasteiger partial charge < -0.3 is 47.7 Å². The van der Waals surface area contributed by atoms with E-state index in [1.807, 2.05) is 0 Å². The van der Waals surface area contributed by atoms with E-state index in [0.29, 0.717) is 119 Å². The van der Waals surface area contributed by atoms with Crippen molar-refractivity contribution < 1.29 is 57.3 Å². The van der Waals surface area contributed by atoms with Crippen molar-refractivity contribution in [1.29, 1.82) is 0 Å². The molecule has 0 atom stereocenters. The molecule has 0 heterocycles. The van der Waals surface area contributed by atoms with Crippen molar-refractivity contribution in [2.75, 3.05) is 112 Å². The van der Waals surface area contributed by atoms with Gasteiger partial charge in [0.05, 0.1) is 99.1 Å². The number of rotatable bonds is 28. The maximum Gasteiger partial charge on any atom is 0.513 e. The Morgan fingerprint density at radius 2 is 0.917 bits per heavy atom. The van der Waals surface area contributed by atoms with E-state index in [0.717, 1.165) is 0 Å². The molecule has 0 aliphatic rings. The molecule has 15 heteroatoms. The van der Waals surface area contributed by atoms with Crippen molar-refractivity contribution in [3.05, 3.63) is 10.4 Å². The zero-order valence-electron chi connectivity index (χ0n) is 20.7. The largest absolute Gasteiger partial charge is 0.513 e. The lowest BCUT2D eigenvalue weighted by atomic mass is 10.3. The van der Waals surface area contributed by atoms with Crippen LogP contribution in [0.3, 0.4) is 0 Å². The SMILES string of the molecule is [N-]=[N+]=NCCOCCOCCOCCOCCOCCOCCOCCOCCCC(=O)OC(=O)O. The third-order valence-electron chi connectivity index (χ3n) is 3.87. The van der Waals surface area contributed by atoms with Gasteiger partial charge in [0.15, 0.2) is 0 Å². The molecule has 0 bridgehead atoms. The van der Waals surface area contributed by atoms with Crippen molar-refractivity contribution >= 4 is 12.1 Å². The summed E-state index contributed by atoms with van der Waals surface area (Å²) in [6.45, 7) is 7.29. The first kappa shape index (κ1) is 33.9. The molecule has 0 spiro atoms. The van der Waals surface area contributed by atoms with Crippen LogP contribution in [0.15, 0.2) is 5.11 Å². The smallest absolute Gasteiger partial charge is 0.449 e. The van der Waals surface area contributed by atoms with Crippen molar-refractivity contribution in [1.82, 2.24) is 0 Å². The lowest BCUT2D eigenvalue weighted by Crippen LogP contribution is -2.15. The number of carboxylic acid groups (broad SMARTS) is 1. The van der Waals surface area contributed by atoms with Gasteiger partial charge >= 0.3 is 12.1 Å². The molecule has 1 N–H and O–H groups in total. The van der Waals surface area contributed by atoms with Crippen LogP contribution in [-0.4, -0.2) is 129 Å². The Hall–Kier alpha value is -2.07. The van der Waals surface area contributed by atoms with Gasteiger partial charge in [0.25, 0.3) is 0 Å². The first-order valence-corrected chi connectivity index (χ1v) is 11.7. The molecule has 0 saturated carbocycles. The monoisotopic (exact) mass is 525 g/mol. The number of carbonyl (C=O) groups is 2. The van der Waals surface area contributed by atoms with Crippen LogP contribution in [-0.2, 0) is 47.4 Å². The van der Waals surface area contributed by atoms with Gasteiger partial charge in [0.2, 0.25) is 0 Å². The van der Waals surface area contributed by atoms with Crippen molar-refractivity contribution in [2.45, 2.75) is 12.8 Å². The van der Waals surface area contributed by atoms with Crippen molar-refractivity contribution in [3.63, 3.8) is 0 Å². The number of hydrogen-bond donors (Lipinski definition) is 1. The van der Waals surface area contributed by atoms with Gasteiger partial charge in [-0.25, -0.2) is 4.79 Å². The summed E-state index contributed by atoms with van der Waals surface area (Å²) in [6, 6.07) is 0. The topological polar surface area (TPSA) is 186 Å². The summed E-state index contributed by atoms with van der Waals surface area (Å²) in [7, 11) is 0. The van der Waals surface area contributed by atoms with E-state index >= 15 is 0 Å². The average Bonchev–Trinajstić information content (AvgIpc) is 2.85. The number of carbonyl (C=O) groups excluding carboxylic acids is 1. The summed E-state index contributed by atoms with van der Waals surface area (Å²) >= 11 is 0. The van der Waals surface area contributed by atoms with E-state index in [1.165, 1.54) is 0 Å². The minimum Gasteiger partial charge on any atom is -0.449 e. The van der Waals surface area contributed by atoms with Crippen molar-refractivity contribution in [2.24, 2.45) is 5.11 Å². The lowest BCUT2D eigenvalue weighted by Gasteiger charge is -2.08. The molecule has 0 amide bonds. The first-order chi connectivity index (χ1) is 17.7.